The van der Waals surface area contributed by atoms with Crippen LogP contribution in [0, 0.1) is 17.1 Å². The molecule has 0 aromatic heterocycles. The number of nitrogens with one attached hydrogen (secondary N) is 1. The van der Waals surface area contributed by atoms with Gasteiger partial charge in [-0.15, -0.1) is 0 Å². The van der Waals surface area contributed by atoms with Crippen molar-refractivity contribution in [1.29, 1.82) is 5.26 Å². The van der Waals surface area contributed by atoms with Crippen LogP contribution in [0.3, 0.4) is 0 Å². The fourth-order valence-corrected chi connectivity index (χ4v) is 4.51. The van der Waals surface area contributed by atoms with Gasteiger partial charge < -0.3 is 5.32 Å². The smallest absolute Gasteiger partial charge is 0.264 e. The molecule has 0 saturated carbocycles. The van der Waals surface area contributed by atoms with Crippen LogP contribution in [0.5, 0.6) is 0 Å². The molecule has 5 nitrogen and oxygen atoms in total. The minimum absolute atomic E-state index is 0.139. The molecular formula is C23H22FN3O2S. The minimum atomic E-state index is -0.644. The Morgan fingerprint density at radius 1 is 1.23 bits per heavy atom. The SMILES string of the molecule is CNC(=O)/C(C#N)=C1\SC(Cc2ccccc2F)C(=O)N1c1ccc(C(C)C)cc1. The first kappa shape index (κ1) is 21.6. The second-order valence-corrected chi connectivity index (χ2v) is 8.38. The predicted octanol–water partition coefficient (Wildman–Crippen LogP) is 4.12. The molecule has 7 heteroatoms. The molecule has 1 aliphatic rings. The molecule has 3 rings (SSSR count). The van der Waals surface area contributed by atoms with Gasteiger partial charge in [0, 0.05) is 12.7 Å². The van der Waals surface area contributed by atoms with Gasteiger partial charge in [-0.1, -0.05) is 55.9 Å². The Bertz CT molecular complexity index is 1040. The van der Waals surface area contributed by atoms with E-state index in [0.29, 0.717) is 17.2 Å². The quantitative estimate of drug-likeness (QED) is 0.580. The van der Waals surface area contributed by atoms with E-state index in [2.05, 4.69) is 19.2 Å². The van der Waals surface area contributed by atoms with Crippen molar-refractivity contribution in [3.63, 3.8) is 0 Å². The Hall–Kier alpha value is -3.11. The van der Waals surface area contributed by atoms with Crippen LogP contribution in [0.1, 0.15) is 30.9 Å². The van der Waals surface area contributed by atoms with E-state index >= 15 is 0 Å². The van der Waals surface area contributed by atoms with Gasteiger partial charge in [0.2, 0.25) is 5.91 Å². The van der Waals surface area contributed by atoms with Gasteiger partial charge in [0.25, 0.3) is 5.91 Å². The number of anilines is 1. The first-order valence-electron chi connectivity index (χ1n) is 9.57. The second-order valence-electron chi connectivity index (χ2n) is 7.19. The number of thioether (sulfide) groups is 1. The molecule has 1 saturated heterocycles. The third-order valence-corrected chi connectivity index (χ3v) is 6.18. The molecule has 1 aliphatic heterocycles. The van der Waals surface area contributed by atoms with Gasteiger partial charge in [-0.05, 0) is 41.7 Å². The van der Waals surface area contributed by atoms with Gasteiger partial charge in [0.05, 0.1) is 5.25 Å². The van der Waals surface area contributed by atoms with E-state index in [1.807, 2.05) is 18.2 Å². The van der Waals surface area contributed by atoms with Gasteiger partial charge in [0.1, 0.15) is 22.5 Å². The van der Waals surface area contributed by atoms with Gasteiger partial charge in [-0.3, -0.25) is 14.5 Å². The summed E-state index contributed by atoms with van der Waals surface area (Å²) in [6, 6.07) is 15.7. The molecule has 1 atom stereocenters. The average molecular weight is 424 g/mol. The summed E-state index contributed by atoms with van der Waals surface area (Å²) in [7, 11) is 1.43. The number of hydrogen-bond acceptors (Lipinski definition) is 4. The van der Waals surface area contributed by atoms with Crippen LogP contribution in [0.4, 0.5) is 10.1 Å². The van der Waals surface area contributed by atoms with E-state index in [9.17, 15) is 19.2 Å². The van der Waals surface area contributed by atoms with Crippen molar-refractivity contribution in [2.45, 2.75) is 31.4 Å². The lowest BCUT2D eigenvalue weighted by Crippen LogP contribution is -2.31. The molecule has 1 fully saturated rings. The number of benzene rings is 2. The van der Waals surface area contributed by atoms with Crippen molar-refractivity contribution in [2.75, 3.05) is 11.9 Å². The highest BCUT2D eigenvalue weighted by Crippen LogP contribution is 2.42. The van der Waals surface area contributed by atoms with Crippen LogP contribution >= 0.6 is 11.8 Å². The second kappa shape index (κ2) is 9.14. The first-order chi connectivity index (χ1) is 14.4. The number of amides is 2. The maximum atomic E-state index is 14.2. The average Bonchev–Trinajstić information content (AvgIpc) is 3.05. The maximum Gasteiger partial charge on any atom is 0.264 e. The summed E-state index contributed by atoms with van der Waals surface area (Å²) in [6.45, 7) is 4.14. The summed E-state index contributed by atoms with van der Waals surface area (Å²) in [5, 5.41) is 11.7. The topological polar surface area (TPSA) is 73.2 Å². The minimum Gasteiger partial charge on any atom is -0.354 e. The molecule has 0 radical (unpaired) electrons. The lowest BCUT2D eigenvalue weighted by molar-refractivity contribution is -0.117. The van der Waals surface area contributed by atoms with Gasteiger partial charge in [0.15, 0.2) is 0 Å². The molecule has 2 amide bonds. The zero-order valence-electron chi connectivity index (χ0n) is 17.0. The van der Waals surface area contributed by atoms with E-state index in [4.69, 9.17) is 0 Å². The summed E-state index contributed by atoms with van der Waals surface area (Å²) in [6.07, 6.45) is 0.159. The van der Waals surface area contributed by atoms with Crippen LogP contribution in [0.15, 0.2) is 59.1 Å². The Balaban J connectivity index is 2.05. The van der Waals surface area contributed by atoms with Gasteiger partial charge in [-0.2, -0.15) is 5.26 Å². The Kier molecular flexibility index (Phi) is 6.58. The molecule has 30 heavy (non-hydrogen) atoms. The highest BCUT2D eigenvalue weighted by molar-refractivity contribution is 8.05. The normalized spacial score (nSPS) is 17.8. The lowest BCUT2D eigenvalue weighted by atomic mass is 10.0. The number of carbonyl (C=O) groups is 2. The molecular weight excluding hydrogens is 401 g/mol. The molecule has 2 aromatic carbocycles. The molecule has 1 unspecified atom stereocenters. The molecule has 0 aliphatic carbocycles. The highest BCUT2D eigenvalue weighted by Gasteiger charge is 2.41. The predicted molar refractivity (Wildman–Crippen MR) is 116 cm³/mol. The molecule has 1 N–H and O–H groups in total. The van der Waals surface area contributed by atoms with Crippen LogP contribution in [-0.2, 0) is 16.0 Å². The summed E-state index contributed by atoms with van der Waals surface area (Å²) < 4.78 is 14.2. The fraction of sp³-hybridized carbons (Fsp3) is 0.261. The molecule has 0 bridgehead atoms. The number of nitriles is 1. The zero-order chi connectivity index (χ0) is 21.8. The fourth-order valence-electron chi connectivity index (χ4n) is 3.22. The van der Waals surface area contributed by atoms with E-state index in [-0.39, 0.29) is 28.7 Å². The zero-order valence-corrected chi connectivity index (χ0v) is 17.8. The van der Waals surface area contributed by atoms with Crippen molar-refractivity contribution in [3.8, 4) is 6.07 Å². The van der Waals surface area contributed by atoms with Gasteiger partial charge >= 0.3 is 0 Å². The van der Waals surface area contributed by atoms with Crippen LogP contribution in [0.2, 0.25) is 0 Å². The maximum absolute atomic E-state index is 14.2. The summed E-state index contributed by atoms with van der Waals surface area (Å²) in [5.41, 5.74) is 1.95. The Morgan fingerprint density at radius 3 is 2.47 bits per heavy atom. The Morgan fingerprint density at radius 2 is 1.90 bits per heavy atom. The van der Waals surface area contributed by atoms with Crippen LogP contribution in [0.25, 0.3) is 0 Å². The number of rotatable bonds is 5. The van der Waals surface area contributed by atoms with Crippen LogP contribution in [-0.4, -0.2) is 24.1 Å². The summed E-state index contributed by atoms with van der Waals surface area (Å²) in [5.74, 6) is -0.912. The molecule has 154 valence electrons. The lowest BCUT2D eigenvalue weighted by Gasteiger charge is -2.19. The Labute approximate surface area is 179 Å². The van der Waals surface area contributed by atoms with Gasteiger partial charge in [-0.25, -0.2) is 4.39 Å². The van der Waals surface area contributed by atoms with E-state index in [1.165, 1.54) is 18.0 Å². The summed E-state index contributed by atoms with van der Waals surface area (Å²) in [4.78, 5) is 27.0. The number of halogens is 1. The number of likely N-dealkylation sites (N-methyl/N-ethyl adjacent to an activating group) is 1. The first-order valence-corrected chi connectivity index (χ1v) is 10.5. The number of nitrogens with zero attached hydrogens (tertiary/aromatic N) is 2. The van der Waals surface area contributed by atoms with E-state index < -0.39 is 11.2 Å². The van der Waals surface area contributed by atoms with Crippen molar-refractivity contribution in [3.05, 3.63) is 76.1 Å². The van der Waals surface area contributed by atoms with E-state index in [1.54, 1.807) is 30.3 Å². The molecule has 0 spiro atoms. The molecule has 1 heterocycles. The van der Waals surface area contributed by atoms with Crippen molar-refractivity contribution in [2.24, 2.45) is 0 Å². The third kappa shape index (κ3) is 4.24. The standard InChI is InChI=1S/C23H22FN3O2S/c1-14(2)15-8-10-17(11-9-15)27-22(29)20(12-16-6-4-5-7-19(16)24)30-23(27)18(13-25)21(28)26-3/h4-11,14,20H,12H2,1-3H3,(H,26,28)/b23-18-. The van der Waals surface area contributed by atoms with Crippen LogP contribution < -0.4 is 10.2 Å². The largest absolute Gasteiger partial charge is 0.354 e. The monoisotopic (exact) mass is 423 g/mol. The van der Waals surface area contributed by atoms with Crippen molar-refractivity contribution < 1.29 is 14.0 Å². The van der Waals surface area contributed by atoms with Crippen molar-refractivity contribution >= 4 is 29.3 Å². The number of carbonyl (C=O) groups excluding carboxylic acids is 2. The van der Waals surface area contributed by atoms with E-state index in [0.717, 1.165) is 17.3 Å². The van der Waals surface area contributed by atoms with Crippen molar-refractivity contribution in [1.82, 2.24) is 5.32 Å². The number of hydrogen-bond donors (Lipinski definition) is 1. The summed E-state index contributed by atoms with van der Waals surface area (Å²) >= 11 is 1.12. The highest BCUT2D eigenvalue weighted by atomic mass is 32.2. The molecule has 2 aromatic rings. The third-order valence-electron chi connectivity index (χ3n) is 4.91.